The van der Waals surface area contributed by atoms with E-state index in [1.165, 1.54) is 29.6 Å². The second kappa shape index (κ2) is 18.5. The summed E-state index contributed by atoms with van der Waals surface area (Å²) < 4.78 is 33.6. The van der Waals surface area contributed by atoms with E-state index in [0.29, 0.717) is 5.56 Å². The van der Waals surface area contributed by atoms with E-state index in [2.05, 4.69) is 268 Å². The molecule has 0 N–H and O–H groups in total. The Balaban J connectivity index is 1.05. The first-order chi connectivity index (χ1) is 46.6. The molecule has 8 heterocycles. The molecule has 0 fully saturated rings. The van der Waals surface area contributed by atoms with E-state index < -0.39 is 0 Å². The van der Waals surface area contributed by atoms with E-state index in [-0.39, 0.29) is 0 Å². The molecule has 22 rings (SSSR count). The van der Waals surface area contributed by atoms with E-state index in [0.717, 1.165) is 181 Å². The topological polar surface area (TPSA) is 78.0 Å². The summed E-state index contributed by atoms with van der Waals surface area (Å²) in [6, 6.07) is 99.1. The number of hydrogen-bond acceptors (Lipinski definition) is 6. The molecule has 0 aliphatic heterocycles. The van der Waals surface area contributed by atoms with Crippen molar-refractivity contribution in [3.8, 4) is 45.4 Å². The van der Waals surface area contributed by atoms with Gasteiger partial charge in [-0.25, -0.2) is 0 Å². The number of fused-ring (bicyclic) bond motifs is 27. The molecule has 22 aromatic rings. The van der Waals surface area contributed by atoms with Gasteiger partial charge >= 0.3 is 0 Å². The third-order valence-electron chi connectivity index (χ3n) is 20.1. The zero-order valence-electron chi connectivity index (χ0n) is 49.7. The molecule has 0 radical (unpaired) electrons. The van der Waals surface area contributed by atoms with Crippen LogP contribution in [0.15, 0.2) is 280 Å². The predicted octanol–water partition coefficient (Wildman–Crippen LogP) is 24.6. The molecule has 0 spiro atoms. The summed E-state index contributed by atoms with van der Waals surface area (Å²) in [4.78, 5) is 0. The number of thiophene rings is 2. The highest BCUT2D eigenvalue weighted by molar-refractivity contribution is 7.26. The summed E-state index contributed by atoms with van der Waals surface area (Å²) in [6.07, 6.45) is 0. The second-order valence-electron chi connectivity index (χ2n) is 24.8. The Kier molecular flexibility index (Phi) is 9.95. The highest BCUT2D eigenvalue weighted by atomic mass is 32.1. The molecular weight excluding hydrogens is 1190 g/mol. The summed E-state index contributed by atoms with van der Waals surface area (Å²) in [6.45, 7) is 0. The molecule has 0 bridgehead atoms. The summed E-state index contributed by atoms with van der Waals surface area (Å²) in [7, 11) is 0. The van der Waals surface area contributed by atoms with E-state index in [4.69, 9.17) is 13.3 Å². The van der Waals surface area contributed by atoms with Crippen molar-refractivity contribution < 1.29 is 13.3 Å². The average Bonchev–Trinajstić information content (AvgIpc) is 1.45. The lowest BCUT2D eigenvalue weighted by Crippen LogP contribution is -2.14. The van der Waals surface area contributed by atoms with Crippen LogP contribution in [0.2, 0.25) is 0 Å². The quantitative estimate of drug-likeness (QED) is 0.172. The van der Waals surface area contributed by atoms with Crippen molar-refractivity contribution in [1.29, 1.82) is 5.26 Å². The minimum Gasteiger partial charge on any atom is -0.455 e. The predicted molar refractivity (Wildman–Crippen MR) is 393 cm³/mol. The van der Waals surface area contributed by atoms with Crippen molar-refractivity contribution >= 4 is 194 Å². The van der Waals surface area contributed by atoms with Crippen molar-refractivity contribution in [2.75, 3.05) is 0 Å². The summed E-state index contributed by atoms with van der Waals surface area (Å²) >= 11 is 3.59. The molecule has 0 saturated carbocycles. The van der Waals surface area contributed by atoms with E-state index >= 15 is 0 Å². The lowest BCUT2D eigenvalue weighted by atomic mass is 9.86. The fourth-order valence-electron chi connectivity index (χ4n) is 16.2. The zero-order valence-corrected chi connectivity index (χ0v) is 51.4. The zero-order chi connectivity index (χ0) is 61.2. The second-order valence-corrected chi connectivity index (χ2v) is 26.9. The van der Waals surface area contributed by atoms with Gasteiger partial charge in [-0.05, 0) is 120 Å². The van der Waals surface area contributed by atoms with Gasteiger partial charge in [0, 0.05) is 99.9 Å². The van der Waals surface area contributed by atoms with Crippen LogP contribution in [0.25, 0.3) is 211 Å². The SMILES string of the molecule is N#Cc1c(-c2ccc3sc4ccccc4c3c2)c(-n2c3ccccc3c3c4oc5ccccc5c4ccc32)c(-n2c3ccccc3c3c4oc5ccccc5c4ccc32)c(-n2c3ccccc3c3c4oc5ccccc5c4ccc32)c1-c1ccc2sc3ccccc3c2c1. The highest BCUT2D eigenvalue weighted by Crippen LogP contribution is 2.55. The first kappa shape index (κ1) is 50.5. The van der Waals surface area contributed by atoms with Gasteiger partial charge in [0.1, 0.15) is 39.6 Å². The number of para-hydroxylation sites is 6. The van der Waals surface area contributed by atoms with E-state index in [1.807, 2.05) is 18.2 Å². The van der Waals surface area contributed by atoms with Gasteiger partial charge in [-0.3, -0.25) is 0 Å². The van der Waals surface area contributed by atoms with Crippen molar-refractivity contribution in [1.82, 2.24) is 13.7 Å². The number of nitrogens with zero attached hydrogens (tertiary/aromatic N) is 4. The molecule has 0 amide bonds. The monoisotopic (exact) mass is 1230 g/mol. The molecule has 0 aliphatic rings. The molecule has 0 atom stereocenters. The largest absolute Gasteiger partial charge is 0.455 e. The van der Waals surface area contributed by atoms with Crippen molar-refractivity contribution in [2.45, 2.75) is 0 Å². The first-order valence-electron chi connectivity index (χ1n) is 31.6. The first-order valence-corrected chi connectivity index (χ1v) is 33.2. The number of rotatable bonds is 5. The molecule has 14 aromatic carbocycles. The van der Waals surface area contributed by atoms with Crippen LogP contribution in [-0.4, -0.2) is 13.7 Å². The number of benzene rings is 14. The smallest absolute Gasteiger partial charge is 0.145 e. The van der Waals surface area contributed by atoms with Crippen LogP contribution < -0.4 is 0 Å². The standard InChI is InChI=1S/C85H44N4O3S2/c86-45-61-75(46-33-41-73-59(43-46)51-20-7-15-31-71(51)93-73)80(87-62-25-9-1-22-56(62)77-65(87)38-35-53-48-17-4-12-28-68(48)90-83(53)77)82(89-64-27-11-3-24-58(64)79-67(89)40-37-55-50-19-6-14-30-70(50)92-85(55)79)81(76(61)47-34-42-74-60(44-47)52-21-8-16-32-72(52)94-74)88-63-26-10-2-23-57(63)78-66(88)39-36-54-49-18-5-13-29-69(49)91-84(54)78/h1-44H. The van der Waals surface area contributed by atoms with Crippen molar-refractivity contribution in [3.05, 3.63) is 272 Å². The highest BCUT2D eigenvalue weighted by Gasteiger charge is 2.36. The molecule has 94 heavy (non-hydrogen) atoms. The molecule has 0 saturated heterocycles. The number of aromatic nitrogens is 3. The Bertz CT molecular complexity index is 6880. The Morgan fingerprint density at radius 2 is 0.585 bits per heavy atom. The minimum absolute atomic E-state index is 0.526. The van der Waals surface area contributed by atoms with E-state index in [1.54, 1.807) is 22.7 Å². The molecule has 0 aliphatic carbocycles. The van der Waals surface area contributed by atoms with Crippen LogP contribution in [0.1, 0.15) is 5.56 Å². The average molecular weight is 1230 g/mol. The Morgan fingerprint density at radius 3 is 0.968 bits per heavy atom. The van der Waals surface area contributed by atoms with Crippen LogP contribution in [0.3, 0.4) is 0 Å². The van der Waals surface area contributed by atoms with Gasteiger partial charge in [-0.15, -0.1) is 22.7 Å². The lowest BCUT2D eigenvalue weighted by Gasteiger charge is -2.29. The number of furan rings is 3. The molecular formula is C85H44N4O3S2. The normalized spacial score (nSPS) is 12.5. The molecule has 434 valence electrons. The fourth-order valence-corrected chi connectivity index (χ4v) is 18.4. The van der Waals surface area contributed by atoms with Crippen LogP contribution >= 0.6 is 22.7 Å². The maximum Gasteiger partial charge on any atom is 0.145 e. The van der Waals surface area contributed by atoms with E-state index in [9.17, 15) is 5.26 Å². The van der Waals surface area contributed by atoms with Gasteiger partial charge in [0.05, 0.1) is 71.9 Å². The Labute approximate surface area is 540 Å². The van der Waals surface area contributed by atoms with Gasteiger partial charge < -0.3 is 27.0 Å². The molecule has 0 unspecified atom stereocenters. The van der Waals surface area contributed by atoms with Gasteiger partial charge in [0.25, 0.3) is 0 Å². The van der Waals surface area contributed by atoms with Crippen LogP contribution in [-0.2, 0) is 0 Å². The van der Waals surface area contributed by atoms with Gasteiger partial charge in [0.2, 0.25) is 0 Å². The summed E-state index contributed by atoms with van der Waals surface area (Å²) in [5, 5.41) is 30.1. The Hall–Kier alpha value is -12.2. The van der Waals surface area contributed by atoms with Gasteiger partial charge in [-0.2, -0.15) is 5.26 Å². The molecule has 7 nitrogen and oxygen atoms in total. The van der Waals surface area contributed by atoms with Crippen LogP contribution in [0.4, 0.5) is 0 Å². The van der Waals surface area contributed by atoms with Crippen molar-refractivity contribution in [2.24, 2.45) is 0 Å². The summed E-state index contributed by atoms with van der Waals surface area (Å²) in [5.74, 6) is 0. The third-order valence-corrected chi connectivity index (χ3v) is 22.4. The fraction of sp³-hybridized carbons (Fsp3) is 0. The lowest BCUT2D eigenvalue weighted by molar-refractivity contribution is 0.672. The van der Waals surface area contributed by atoms with Crippen molar-refractivity contribution in [3.63, 3.8) is 0 Å². The van der Waals surface area contributed by atoms with Gasteiger partial charge in [-0.1, -0.05) is 158 Å². The molecule has 8 aromatic heterocycles. The summed E-state index contributed by atoms with van der Waals surface area (Å²) in [5.41, 5.74) is 17.0. The Morgan fingerprint density at radius 1 is 0.266 bits per heavy atom. The maximum absolute atomic E-state index is 13.2. The number of hydrogen-bond donors (Lipinski definition) is 0. The maximum atomic E-state index is 13.2. The number of nitriles is 1. The van der Waals surface area contributed by atoms with Crippen LogP contribution in [0, 0.1) is 11.3 Å². The third kappa shape index (κ3) is 6.56. The van der Waals surface area contributed by atoms with Crippen LogP contribution in [0.5, 0.6) is 0 Å². The molecule has 9 heteroatoms. The van der Waals surface area contributed by atoms with Gasteiger partial charge in [0.15, 0.2) is 0 Å². The minimum atomic E-state index is 0.526.